The summed E-state index contributed by atoms with van der Waals surface area (Å²) < 4.78 is 0. The summed E-state index contributed by atoms with van der Waals surface area (Å²) in [5.41, 5.74) is 9.66. The van der Waals surface area contributed by atoms with Crippen molar-refractivity contribution in [2.24, 2.45) is 11.7 Å². The average Bonchev–Trinajstić information content (AvgIpc) is 2.76. The molecule has 30 heavy (non-hydrogen) atoms. The topological polar surface area (TPSA) is 84.7 Å². The number of nitrogens with two attached hydrogens (primary N) is 1. The second kappa shape index (κ2) is 12.7. The lowest BCUT2D eigenvalue weighted by Gasteiger charge is -2.26. The number of carbonyl (C=O) groups excluding carboxylic acids is 2. The normalized spacial score (nSPS) is 11.5. The number of hydrazine groups is 1. The van der Waals surface area contributed by atoms with Gasteiger partial charge in [-0.1, -0.05) is 80.4 Å². The number of nitrogens with one attached hydrogen (secondary N) is 1. The summed E-state index contributed by atoms with van der Waals surface area (Å²) >= 11 is 4.89. The molecular formula is C23H29N3O3S. The molecule has 1 unspecified atom stereocenters. The molecule has 6 nitrogen and oxygen atoms in total. The third kappa shape index (κ3) is 7.57. The van der Waals surface area contributed by atoms with Gasteiger partial charge >= 0.3 is 0 Å². The second-order valence-corrected chi connectivity index (χ2v) is 7.40. The van der Waals surface area contributed by atoms with Crippen LogP contribution in [0.4, 0.5) is 0 Å². The van der Waals surface area contributed by atoms with E-state index in [2.05, 4.69) is 12.3 Å². The van der Waals surface area contributed by atoms with E-state index in [1.165, 1.54) is 0 Å². The van der Waals surface area contributed by atoms with E-state index in [0.717, 1.165) is 30.0 Å². The van der Waals surface area contributed by atoms with E-state index in [4.69, 9.17) is 22.8 Å². The van der Waals surface area contributed by atoms with Crippen LogP contribution in [0.1, 0.15) is 48.5 Å². The van der Waals surface area contributed by atoms with E-state index in [1.807, 2.05) is 36.4 Å². The maximum Gasteiger partial charge on any atom is 0.277 e. The van der Waals surface area contributed by atoms with Gasteiger partial charge in [0.2, 0.25) is 0 Å². The summed E-state index contributed by atoms with van der Waals surface area (Å²) in [5, 5.41) is 0.821. The van der Waals surface area contributed by atoms with E-state index in [0.29, 0.717) is 25.0 Å². The Morgan fingerprint density at radius 3 is 2.30 bits per heavy atom. The van der Waals surface area contributed by atoms with Crippen LogP contribution >= 0.6 is 12.2 Å². The Hall–Kier alpha value is -2.77. The zero-order valence-corrected chi connectivity index (χ0v) is 18.1. The van der Waals surface area contributed by atoms with Crippen LogP contribution in [0.3, 0.4) is 0 Å². The Kier molecular flexibility index (Phi) is 9.97. The third-order valence-corrected chi connectivity index (χ3v) is 4.71. The molecule has 0 radical (unpaired) electrons. The van der Waals surface area contributed by atoms with Crippen molar-refractivity contribution >= 4 is 29.0 Å². The molecule has 1 amide bonds. The van der Waals surface area contributed by atoms with Crippen molar-refractivity contribution in [1.29, 1.82) is 0 Å². The molecule has 0 spiro atoms. The van der Waals surface area contributed by atoms with Crippen molar-refractivity contribution < 1.29 is 14.4 Å². The highest BCUT2D eigenvalue weighted by Gasteiger charge is 2.32. The highest BCUT2D eigenvalue weighted by atomic mass is 32.1. The molecule has 0 heterocycles. The van der Waals surface area contributed by atoms with Crippen molar-refractivity contribution in [1.82, 2.24) is 10.6 Å². The molecule has 0 saturated carbocycles. The summed E-state index contributed by atoms with van der Waals surface area (Å²) in [4.78, 5) is 32.0. The smallest absolute Gasteiger partial charge is 0.277 e. The van der Waals surface area contributed by atoms with Crippen LogP contribution in [0.5, 0.6) is 0 Å². The number of carbonyl (C=O) groups is 2. The summed E-state index contributed by atoms with van der Waals surface area (Å²) in [6, 6.07) is 18.5. The number of unbranched alkanes of at least 4 members (excludes halogenated alkanes) is 2. The molecule has 2 aromatic rings. The predicted octanol–water partition coefficient (Wildman–Crippen LogP) is 3.82. The van der Waals surface area contributed by atoms with Gasteiger partial charge in [-0.2, -0.15) is 0 Å². The van der Waals surface area contributed by atoms with Crippen LogP contribution in [0, 0.1) is 5.92 Å². The maximum absolute atomic E-state index is 13.3. The lowest BCUT2D eigenvalue weighted by molar-refractivity contribution is -0.201. The number of benzene rings is 2. The van der Waals surface area contributed by atoms with E-state index in [9.17, 15) is 9.59 Å². The van der Waals surface area contributed by atoms with Gasteiger partial charge in [0.1, 0.15) is 5.92 Å². The minimum Gasteiger partial charge on any atom is -0.375 e. The number of rotatable bonds is 11. The maximum atomic E-state index is 13.3. The van der Waals surface area contributed by atoms with Gasteiger partial charge in [0, 0.05) is 5.56 Å². The Morgan fingerprint density at radius 2 is 1.70 bits per heavy atom. The fourth-order valence-corrected chi connectivity index (χ4v) is 3.11. The SMILES string of the molecule is CCCCCON(NC(N)=S)C(=O)C(CCc1ccccc1)C(=O)c1ccccc1. The van der Waals surface area contributed by atoms with Gasteiger partial charge in [-0.15, -0.1) is 5.17 Å². The molecule has 0 bridgehead atoms. The molecule has 0 aliphatic carbocycles. The van der Waals surface area contributed by atoms with Crippen molar-refractivity contribution in [3.8, 4) is 0 Å². The molecule has 2 rings (SSSR count). The van der Waals surface area contributed by atoms with E-state index in [1.54, 1.807) is 24.3 Å². The lowest BCUT2D eigenvalue weighted by Crippen LogP contribution is -2.51. The largest absolute Gasteiger partial charge is 0.375 e. The summed E-state index contributed by atoms with van der Waals surface area (Å²) in [7, 11) is 0. The van der Waals surface area contributed by atoms with E-state index < -0.39 is 11.8 Å². The summed E-state index contributed by atoms with van der Waals surface area (Å²) in [6.45, 7) is 2.40. The molecule has 1 atom stereocenters. The van der Waals surface area contributed by atoms with E-state index in [-0.39, 0.29) is 10.9 Å². The Bertz CT molecular complexity index is 815. The highest BCUT2D eigenvalue weighted by Crippen LogP contribution is 2.19. The molecule has 0 fully saturated rings. The molecule has 2 aromatic carbocycles. The second-order valence-electron chi connectivity index (χ2n) is 6.96. The molecule has 160 valence electrons. The molecule has 0 aliphatic rings. The lowest BCUT2D eigenvalue weighted by atomic mass is 9.91. The first-order valence-corrected chi connectivity index (χ1v) is 10.6. The predicted molar refractivity (Wildman–Crippen MR) is 121 cm³/mol. The molecular weight excluding hydrogens is 398 g/mol. The summed E-state index contributed by atoms with van der Waals surface area (Å²) in [6.07, 6.45) is 3.68. The number of hydroxylamine groups is 1. The first-order valence-electron chi connectivity index (χ1n) is 10.2. The Labute approximate surface area is 183 Å². The molecule has 0 saturated heterocycles. The van der Waals surface area contributed by atoms with Gasteiger partial charge in [0.25, 0.3) is 5.91 Å². The van der Waals surface area contributed by atoms with Gasteiger partial charge < -0.3 is 5.73 Å². The quantitative estimate of drug-likeness (QED) is 0.186. The number of amides is 1. The van der Waals surface area contributed by atoms with Gasteiger partial charge in [0.05, 0.1) is 6.61 Å². The highest BCUT2D eigenvalue weighted by molar-refractivity contribution is 7.80. The van der Waals surface area contributed by atoms with Crippen molar-refractivity contribution in [2.75, 3.05) is 6.61 Å². The van der Waals surface area contributed by atoms with Crippen LogP contribution in [0.25, 0.3) is 0 Å². The number of ketones is 1. The van der Waals surface area contributed by atoms with E-state index >= 15 is 0 Å². The Balaban J connectivity index is 2.20. The fourth-order valence-electron chi connectivity index (χ4n) is 3.03. The molecule has 0 aromatic heterocycles. The number of Topliss-reactive ketones (excluding diaryl/α,β-unsaturated/α-hetero) is 1. The number of hydrogen-bond acceptors (Lipinski definition) is 4. The van der Waals surface area contributed by atoms with Gasteiger partial charge in [-0.05, 0) is 37.0 Å². The Morgan fingerprint density at radius 1 is 1.07 bits per heavy atom. The van der Waals surface area contributed by atoms with Gasteiger partial charge in [-0.25, -0.2) is 5.43 Å². The first kappa shape index (κ1) is 23.5. The standard InChI is InChI=1S/C23H29N3O3S/c1-2-3-10-17-29-26(25-23(24)30)22(28)20(16-15-18-11-6-4-7-12-18)21(27)19-13-8-5-9-14-19/h4-9,11-14,20H,2-3,10,15-17H2,1H3,(H3,24,25,30). The van der Waals surface area contributed by atoms with Crippen LogP contribution < -0.4 is 11.2 Å². The van der Waals surface area contributed by atoms with Crippen molar-refractivity contribution in [2.45, 2.75) is 39.0 Å². The van der Waals surface area contributed by atoms with Crippen molar-refractivity contribution in [3.05, 3.63) is 71.8 Å². The first-order chi connectivity index (χ1) is 14.5. The van der Waals surface area contributed by atoms with Crippen LogP contribution in [-0.4, -0.2) is 28.6 Å². The fraction of sp³-hybridized carbons (Fsp3) is 0.348. The zero-order valence-electron chi connectivity index (χ0n) is 17.3. The van der Waals surface area contributed by atoms with Crippen molar-refractivity contribution in [3.63, 3.8) is 0 Å². The summed E-state index contributed by atoms with van der Waals surface area (Å²) in [5.74, 6) is -1.70. The number of nitrogens with zero attached hydrogens (tertiary/aromatic N) is 1. The van der Waals surface area contributed by atoms with Crippen LogP contribution in [0.15, 0.2) is 60.7 Å². The van der Waals surface area contributed by atoms with Gasteiger partial charge in [0.15, 0.2) is 10.9 Å². The third-order valence-electron chi connectivity index (χ3n) is 4.62. The molecule has 0 aliphatic heterocycles. The molecule has 7 heteroatoms. The average molecular weight is 428 g/mol. The number of aryl methyl sites for hydroxylation is 1. The van der Waals surface area contributed by atoms with Crippen LogP contribution in [0.2, 0.25) is 0 Å². The minimum absolute atomic E-state index is 0.104. The zero-order chi connectivity index (χ0) is 21.8. The monoisotopic (exact) mass is 427 g/mol. The van der Waals surface area contributed by atoms with Gasteiger partial charge in [-0.3, -0.25) is 14.4 Å². The minimum atomic E-state index is -0.930. The number of thiocarbonyl (C=S) groups is 1. The van der Waals surface area contributed by atoms with Crippen LogP contribution in [-0.2, 0) is 16.1 Å². The molecule has 3 N–H and O–H groups in total. The number of hydrogen-bond donors (Lipinski definition) is 2.